The van der Waals surface area contributed by atoms with Gasteiger partial charge in [-0.25, -0.2) is 0 Å². The Morgan fingerprint density at radius 1 is 0.846 bits per heavy atom. The summed E-state index contributed by atoms with van der Waals surface area (Å²) in [6.07, 6.45) is 5.61. The molecule has 3 rings (SSSR count). The van der Waals surface area contributed by atoms with Crippen LogP contribution in [0.5, 0.6) is 0 Å². The van der Waals surface area contributed by atoms with E-state index in [2.05, 4.69) is 58.0 Å². The third-order valence-corrected chi connectivity index (χ3v) is 3.64. The van der Waals surface area contributed by atoms with E-state index in [1.54, 1.807) is 0 Å². The standard InChI is InChI=1S/C18H20N4.2C2H6/c1-21(2)12-13-22-18(16-8-10-19-11-9-16)17(14-20-22)15-6-4-3-5-7-15;2*1-2/h3-11,14H,12-13H2,1-2H3;2*1-2H3. The zero-order chi connectivity index (χ0) is 19.4. The number of nitrogens with zero attached hydrogens (tertiary/aromatic N) is 4. The summed E-state index contributed by atoms with van der Waals surface area (Å²) in [6.45, 7) is 9.81. The largest absolute Gasteiger partial charge is 0.308 e. The molecule has 4 heteroatoms. The predicted octanol–water partition coefficient (Wildman–Crippen LogP) is 5.23. The quantitative estimate of drug-likeness (QED) is 0.631. The van der Waals surface area contributed by atoms with E-state index in [9.17, 15) is 0 Å². The summed E-state index contributed by atoms with van der Waals surface area (Å²) in [4.78, 5) is 6.29. The van der Waals surface area contributed by atoms with Crippen molar-refractivity contribution in [2.24, 2.45) is 0 Å². The minimum atomic E-state index is 0.859. The average Bonchev–Trinajstić information content (AvgIpc) is 3.15. The summed E-state index contributed by atoms with van der Waals surface area (Å²) in [5.41, 5.74) is 4.64. The Morgan fingerprint density at radius 3 is 2.04 bits per heavy atom. The van der Waals surface area contributed by atoms with Crippen molar-refractivity contribution in [3.63, 3.8) is 0 Å². The van der Waals surface area contributed by atoms with E-state index in [4.69, 9.17) is 0 Å². The van der Waals surface area contributed by atoms with Crippen LogP contribution in [0.3, 0.4) is 0 Å². The highest BCUT2D eigenvalue weighted by Crippen LogP contribution is 2.31. The van der Waals surface area contributed by atoms with Gasteiger partial charge in [-0.1, -0.05) is 58.0 Å². The fourth-order valence-electron chi connectivity index (χ4n) is 2.49. The molecule has 3 aromatic rings. The first kappa shape index (κ1) is 21.6. The fraction of sp³-hybridized carbons (Fsp3) is 0.364. The zero-order valence-electron chi connectivity index (χ0n) is 17.0. The Hall–Kier alpha value is -2.46. The molecule has 0 bridgehead atoms. The number of likely N-dealkylation sites (N-methyl/N-ethyl adjacent to an activating group) is 1. The second-order valence-corrected chi connectivity index (χ2v) is 5.54. The molecule has 140 valence electrons. The molecule has 0 saturated carbocycles. The van der Waals surface area contributed by atoms with Gasteiger partial charge < -0.3 is 4.90 Å². The first-order valence-electron chi connectivity index (χ1n) is 9.42. The van der Waals surface area contributed by atoms with Crippen LogP contribution < -0.4 is 0 Å². The number of hydrogen-bond acceptors (Lipinski definition) is 3. The van der Waals surface area contributed by atoms with E-state index in [0.29, 0.717) is 0 Å². The van der Waals surface area contributed by atoms with Gasteiger partial charge in [0, 0.05) is 30.1 Å². The molecule has 26 heavy (non-hydrogen) atoms. The van der Waals surface area contributed by atoms with Crippen molar-refractivity contribution in [1.29, 1.82) is 0 Å². The molecule has 0 aliphatic carbocycles. The van der Waals surface area contributed by atoms with Crippen molar-refractivity contribution in [1.82, 2.24) is 19.7 Å². The number of aromatic nitrogens is 3. The molecule has 0 amide bonds. The van der Waals surface area contributed by atoms with E-state index in [1.165, 1.54) is 5.56 Å². The molecular formula is C22H32N4. The second-order valence-electron chi connectivity index (χ2n) is 5.54. The third-order valence-electron chi connectivity index (χ3n) is 3.64. The first-order chi connectivity index (χ1) is 12.8. The minimum absolute atomic E-state index is 0.859. The van der Waals surface area contributed by atoms with Gasteiger partial charge >= 0.3 is 0 Å². The zero-order valence-corrected chi connectivity index (χ0v) is 17.0. The van der Waals surface area contributed by atoms with Crippen LogP contribution in [-0.4, -0.2) is 40.3 Å². The molecule has 0 aliphatic heterocycles. The summed E-state index contributed by atoms with van der Waals surface area (Å²) in [6, 6.07) is 14.5. The van der Waals surface area contributed by atoms with Gasteiger partial charge in [0.15, 0.2) is 0 Å². The van der Waals surface area contributed by atoms with Crippen LogP contribution in [0.15, 0.2) is 61.1 Å². The van der Waals surface area contributed by atoms with Crippen molar-refractivity contribution in [3.05, 3.63) is 61.1 Å². The normalized spacial score (nSPS) is 9.81. The van der Waals surface area contributed by atoms with Gasteiger partial charge in [-0.2, -0.15) is 5.10 Å². The SMILES string of the molecule is CC.CC.CN(C)CCn1ncc(-c2ccccc2)c1-c1ccncc1. The van der Waals surface area contributed by atoms with Crippen LogP contribution in [-0.2, 0) is 6.54 Å². The highest BCUT2D eigenvalue weighted by Gasteiger charge is 2.14. The van der Waals surface area contributed by atoms with E-state index in [-0.39, 0.29) is 0 Å². The van der Waals surface area contributed by atoms with Gasteiger partial charge in [-0.15, -0.1) is 0 Å². The monoisotopic (exact) mass is 352 g/mol. The maximum Gasteiger partial charge on any atom is 0.0762 e. The van der Waals surface area contributed by atoms with E-state index in [0.717, 1.165) is 29.9 Å². The van der Waals surface area contributed by atoms with E-state index >= 15 is 0 Å². The van der Waals surface area contributed by atoms with Crippen LogP contribution in [0, 0.1) is 0 Å². The maximum absolute atomic E-state index is 4.61. The topological polar surface area (TPSA) is 34.0 Å². The van der Waals surface area contributed by atoms with Crippen molar-refractivity contribution < 1.29 is 0 Å². The van der Waals surface area contributed by atoms with Crippen LogP contribution in [0.4, 0.5) is 0 Å². The van der Waals surface area contributed by atoms with Gasteiger partial charge in [0.25, 0.3) is 0 Å². The first-order valence-corrected chi connectivity index (χ1v) is 9.42. The molecule has 2 heterocycles. The number of rotatable bonds is 5. The van der Waals surface area contributed by atoms with Gasteiger partial charge in [-0.05, 0) is 31.8 Å². The number of pyridine rings is 1. The molecule has 0 spiro atoms. The molecule has 4 nitrogen and oxygen atoms in total. The lowest BCUT2D eigenvalue weighted by Crippen LogP contribution is -2.19. The van der Waals surface area contributed by atoms with Crippen molar-refractivity contribution >= 4 is 0 Å². The fourth-order valence-corrected chi connectivity index (χ4v) is 2.49. The molecule has 0 radical (unpaired) electrons. The molecule has 0 saturated heterocycles. The number of hydrogen-bond donors (Lipinski definition) is 0. The molecule has 1 aromatic carbocycles. The Morgan fingerprint density at radius 2 is 1.46 bits per heavy atom. The molecule has 0 aliphatic rings. The van der Waals surface area contributed by atoms with Crippen molar-refractivity contribution in [3.8, 4) is 22.4 Å². The molecule has 0 fully saturated rings. The van der Waals surface area contributed by atoms with Gasteiger partial charge in [-0.3, -0.25) is 9.67 Å². The summed E-state index contributed by atoms with van der Waals surface area (Å²) in [5, 5.41) is 4.61. The molecular weight excluding hydrogens is 320 g/mol. The van der Waals surface area contributed by atoms with Crippen LogP contribution in [0.25, 0.3) is 22.4 Å². The Bertz CT molecular complexity index is 718. The molecule has 0 unspecified atom stereocenters. The average molecular weight is 353 g/mol. The van der Waals surface area contributed by atoms with Gasteiger partial charge in [0.05, 0.1) is 18.4 Å². The summed E-state index contributed by atoms with van der Waals surface area (Å²) in [7, 11) is 4.15. The van der Waals surface area contributed by atoms with Gasteiger partial charge in [0.1, 0.15) is 0 Å². The highest BCUT2D eigenvalue weighted by atomic mass is 15.3. The Kier molecular flexibility index (Phi) is 9.95. The lowest BCUT2D eigenvalue weighted by Gasteiger charge is -2.13. The Labute approximate surface area is 158 Å². The molecule has 0 N–H and O–H groups in total. The van der Waals surface area contributed by atoms with E-state index < -0.39 is 0 Å². The molecule has 0 atom stereocenters. The lowest BCUT2D eigenvalue weighted by atomic mass is 10.0. The van der Waals surface area contributed by atoms with Gasteiger partial charge in [0.2, 0.25) is 0 Å². The summed E-state index contributed by atoms with van der Waals surface area (Å²) < 4.78 is 2.08. The molecule has 2 aromatic heterocycles. The third kappa shape index (κ3) is 5.81. The Balaban J connectivity index is 0.000000791. The maximum atomic E-state index is 4.61. The number of benzene rings is 1. The second kappa shape index (κ2) is 12.0. The smallest absolute Gasteiger partial charge is 0.0762 e. The summed E-state index contributed by atoms with van der Waals surface area (Å²) in [5.74, 6) is 0. The predicted molar refractivity (Wildman–Crippen MR) is 112 cm³/mol. The van der Waals surface area contributed by atoms with Crippen molar-refractivity contribution in [2.45, 2.75) is 34.2 Å². The summed E-state index contributed by atoms with van der Waals surface area (Å²) >= 11 is 0. The van der Waals surface area contributed by atoms with Crippen molar-refractivity contribution in [2.75, 3.05) is 20.6 Å². The van der Waals surface area contributed by atoms with E-state index in [1.807, 2.05) is 64.5 Å². The van der Waals surface area contributed by atoms with Crippen LogP contribution in [0.2, 0.25) is 0 Å². The lowest BCUT2D eigenvalue weighted by molar-refractivity contribution is 0.374. The minimum Gasteiger partial charge on any atom is -0.308 e. The van der Waals surface area contributed by atoms with Crippen LogP contribution in [0.1, 0.15) is 27.7 Å². The highest BCUT2D eigenvalue weighted by molar-refractivity contribution is 5.80. The van der Waals surface area contributed by atoms with Crippen LogP contribution >= 0.6 is 0 Å².